The summed E-state index contributed by atoms with van der Waals surface area (Å²) in [6, 6.07) is 3.20. The SMILES string of the molecule is O=C(O)CC(O)CCCS(=O)(=O)c1cccs1. The monoisotopic (exact) mass is 278 g/mol. The van der Waals surface area contributed by atoms with Gasteiger partial charge in [-0.15, -0.1) is 11.3 Å². The van der Waals surface area contributed by atoms with Crippen LogP contribution in [0.25, 0.3) is 0 Å². The average Bonchev–Trinajstić information content (AvgIpc) is 2.68. The maximum Gasteiger partial charge on any atom is 0.305 e. The lowest BCUT2D eigenvalue weighted by molar-refractivity contribution is -0.139. The van der Waals surface area contributed by atoms with E-state index in [4.69, 9.17) is 5.11 Å². The molecule has 0 spiro atoms. The van der Waals surface area contributed by atoms with Crippen LogP contribution in [-0.2, 0) is 14.6 Å². The van der Waals surface area contributed by atoms with Gasteiger partial charge in [-0.05, 0) is 24.3 Å². The molecular weight excluding hydrogens is 264 g/mol. The van der Waals surface area contributed by atoms with Gasteiger partial charge in [0.05, 0.1) is 18.3 Å². The molecule has 0 aromatic carbocycles. The van der Waals surface area contributed by atoms with Gasteiger partial charge in [0.2, 0.25) is 0 Å². The number of aliphatic hydroxyl groups is 1. The van der Waals surface area contributed by atoms with Crippen molar-refractivity contribution in [2.75, 3.05) is 5.75 Å². The van der Waals surface area contributed by atoms with Crippen LogP contribution in [0.3, 0.4) is 0 Å². The van der Waals surface area contributed by atoms with Gasteiger partial charge >= 0.3 is 5.97 Å². The van der Waals surface area contributed by atoms with Gasteiger partial charge in [-0.1, -0.05) is 6.07 Å². The Morgan fingerprint density at radius 2 is 2.18 bits per heavy atom. The van der Waals surface area contributed by atoms with Gasteiger partial charge in [-0.2, -0.15) is 0 Å². The largest absolute Gasteiger partial charge is 0.481 e. The molecule has 0 amide bonds. The molecule has 0 saturated carbocycles. The van der Waals surface area contributed by atoms with Crippen LogP contribution in [0, 0.1) is 0 Å². The van der Waals surface area contributed by atoms with Crippen LogP contribution in [0.4, 0.5) is 0 Å². The van der Waals surface area contributed by atoms with Gasteiger partial charge in [0, 0.05) is 0 Å². The smallest absolute Gasteiger partial charge is 0.305 e. The van der Waals surface area contributed by atoms with Crippen LogP contribution in [-0.4, -0.2) is 36.5 Å². The number of hydrogen-bond acceptors (Lipinski definition) is 5. The number of carboxylic acids is 1. The molecule has 0 saturated heterocycles. The topological polar surface area (TPSA) is 91.7 Å². The third kappa shape index (κ3) is 4.84. The molecule has 7 heteroatoms. The number of aliphatic carboxylic acids is 1. The van der Waals surface area contributed by atoms with E-state index in [0.717, 1.165) is 11.3 Å². The maximum atomic E-state index is 11.7. The maximum absolute atomic E-state index is 11.7. The number of hydrogen-bond donors (Lipinski definition) is 2. The quantitative estimate of drug-likeness (QED) is 0.780. The molecule has 1 unspecified atom stereocenters. The lowest BCUT2D eigenvalue weighted by Crippen LogP contribution is -2.15. The van der Waals surface area contributed by atoms with E-state index in [1.807, 2.05) is 0 Å². The molecular formula is C10H14O5S2. The van der Waals surface area contributed by atoms with Crippen molar-refractivity contribution in [3.63, 3.8) is 0 Å². The second-order valence-corrected chi connectivity index (χ2v) is 6.93. The van der Waals surface area contributed by atoms with Crippen molar-refractivity contribution >= 4 is 27.1 Å². The predicted octanol–water partition coefficient (Wildman–Crippen LogP) is 1.14. The normalized spacial score (nSPS) is 13.5. The standard InChI is InChI=1S/C10H14O5S2/c11-8(7-9(12)13)3-2-6-17(14,15)10-4-1-5-16-10/h1,4-5,8,11H,2-3,6-7H2,(H,12,13). The third-order valence-corrected chi connectivity index (χ3v) is 5.45. The summed E-state index contributed by atoms with van der Waals surface area (Å²) >= 11 is 1.15. The Hall–Kier alpha value is -0.920. The zero-order chi connectivity index (χ0) is 12.9. The van der Waals surface area contributed by atoms with E-state index in [2.05, 4.69) is 0 Å². The lowest BCUT2D eigenvalue weighted by Gasteiger charge is -2.07. The first kappa shape index (κ1) is 14.1. The summed E-state index contributed by atoms with van der Waals surface area (Å²) in [6.07, 6.45) is -0.893. The molecule has 0 aliphatic rings. The van der Waals surface area contributed by atoms with E-state index in [9.17, 15) is 18.3 Å². The van der Waals surface area contributed by atoms with Crippen molar-refractivity contribution in [3.8, 4) is 0 Å². The van der Waals surface area contributed by atoms with Gasteiger partial charge < -0.3 is 10.2 Å². The van der Waals surface area contributed by atoms with Crippen LogP contribution < -0.4 is 0 Å². The van der Waals surface area contributed by atoms with Crippen LogP contribution in [0.2, 0.25) is 0 Å². The summed E-state index contributed by atoms with van der Waals surface area (Å²) in [6.45, 7) is 0. The van der Waals surface area contributed by atoms with Crippen molar-refractivity contribution in [2.24, 2.45) is 0 Å². The van der Waals surface area contributed by atoms with Crippen molar-refractivity contribution < 1.29 is 23.4 Å². The molecule has 1 aromatic heterocycles. The van der Waals surface area contributed by atoms with Crippen LogP contribution >= 0.6 is 11.3 Å². The highest BCUT2D eigenvalue weighted by atomic mass is 32.2. The molecule has 0 radical (unpaired) electrons. The highest BCUT2D eigenvalue weighted by Crippen LogP contribution is 2.18. The first-order chi connectivity index (χ1) is 7.92. The molecule has 1 aromatic rings. The Morgan fingerprint density at radius 1 is 1.47 bits per heavy atom. The number of aliphatic hydroxyl groups excluding tert-OH is 1. The molecule has 5 nitrogen and oxygen atoms in total. The van der Waals surface area contributed by atoms with Gasteiger partial charge in [0.25, 0.3) is 0 Å². The molecule has 17 heavy (non-hydrogen) atoms. The summed E-state index contributed by atoms with van der Waals surface area (Å²) in [5, 5.41) is 19.4. The fourth-order valence-corrected chi connectivity index (χ4v) is 3.84. The van der Waals surface area contributed by atoms with E-state index in [1.54, 1.807) is 11.4 Å². The minimum atomic E-state index is -3.28. The number of carboxylic acid groups (broad SMARTS) is 1. The molecule has 1 atom stereocenters. The Labute approximate surface area is 104 Å². The minimum Gasteiger partial charge on any atom is -0.481 e. The molecule has 1 heterocycles. The van der Waals surface area contributed by atoms with E-state index in [0.29, 0.717) is 4.21 Å². The minimum absolute atomic E-state index is 0.0653. The summed E-state index contributed by atoms with van der Waals surface area (Å²) < 4.78 is 23.7. The van der Waals surface area contributed by atoms with Gasteiger partial charge in [-0.25, -0.2) is 8.42 Å². The Balaban J connectivity index is 2.39. The van der Waals surface area contributed by atoms with E-state index < -0.39 is 21.9 Å². The Bertz CT molecular complexity index is 449. The van der Waals surface area contributed by atoms with Crippen molar-refractivity contribution in [2.45, 2.75) is 29.6 Å². The number of carbonyl (C=O) groups is 1. The van der Waals surface area contributed by atoms with Crippen LogP contribution in [0.5, 0.6) is 0 Å². The summed E-state index contributed by atoms with van der Waals surface area (Å²) in [5.41, 5.74) is 0. The number of thiophene rings is 1. The molecule has 0 fully saturated rings. The fraction of sp³-hybridized carbons (Fsp3) is 0.500. The first-order valence-electron chi connectivity index (χ1n) is 5.08. The number of rotatable bonds is 7. The number of sulfone groups is 1. The van der Waals surface area contributed by atoms with Crippen LogP contribution in [0.1, 0.15) is 19.3 Å². The van der Waals surface area contributed by atoms with Gasteiger partial charge in [-0.3, -0.25) is 4.79 Å². The van der Waals surface area contributed by atoms with E-state index >= 15 is 0 Å². The second-order valence-electron chi connectivity index (χ2n) is 3.64. The summed E-state index contributed by atoms with van der Waals surface area (Å²) in [5.74, 6) is -1.15. The highest BCUT2D eigenvalue weighted by Gasteiger charge is 2.16. The van der Waals surface area contributed by atoms with Gasteiger partial charge in [0.15, 0.2) is 9.84 Å². The second kappa shape index (κ2) is 6.13. The lowest BCUT2D eigenvalue weighted by atomic mass is 10.1. The van der Waals surface area contributed by atoms with Crippen molar-refractivity contribution in [1.82, 2.24) is 0 Å². The average molecular weight is 278 g/mol. The Morgan fingerprint density at radius 3 is 2.71 bits per heavy atom. The third-order valence-electron chi connectivity index (χ3n) is 2.16. The van der Waals surface area contributed by atoms with Gasteiger partial charge in [0.1, 0.15) is 4.21 Å². The van der Waals surface area contributed by atoms with Crippen molar-refractivity contribution in [1.29, 1.82) is 0 Å². The highest BCUT2D eigenvalue weighted by molar-refractivity contribution is 7.93. The Kier molecular flexibility index (Phi) is 5.10. The fourth-order valence-electron chi connectivity index (χ4n) is 1.35. The molecule has 96 valence electrons. The zero-order valence-electron chi connectivity index (χ0n) is 9.07. The van der Waals surface area contributed by atoms with E-state index in [-0.39, 0.29) is 25.0 Å². The molecule has 0 aliphatic carbocycles. The van der Waals surface area contributed by atoms with Crippen molar-refractivity contribution in [3.05, 3.63) is 17.5 Å². The molecule has 2 N–H and O–H groups in total. The first-order valence-corrected chi connectivity index (χ1v) is 7.61. The van der Waals surface area contributed by atoms with E-state index in [1.165, 1.54) is 6.07 Å². The molecule has 0 aliphatic heterocycles. The predicted molar refractivity (Wildman–Crippen MR) is 63.9 cm³/mol. The summed E-state index contributed by atoms with van der Waals surface area (Å²) in [4.78, 5) is 10.3. The van der Waals surface area contributed by atoms with Crippen LogP contribution in [0.15, 0.2) is 21.7 Å². The summed E-state index contributed by atoms with van der Waals surface area (Å²) in [7, 11) is -3.28. The molecule has 0 bridgehead atoms. The zero-order valence-corrected chi connectivity index (χ0v) is 10.7. The molecule has 1 rings (SSSR count).